The summed E-state index contributed by atoms with van der Waals surface area (Å²) in [6, 6.07) is 2.48. The van der Waals surface area contributed by atoms with Crippen LogP contribution in [0.4, 0.5) is 0 Å². The second kappa shape index (κ2) is 4.41. The van der Waals surface area contributed by atoms with Gasteiger partial charge in [-0.3, -0.25) is 0 Å². The SMILES string of the molecule is CCOc1ccc(C(=O)O)nc1C(=O)O. The molecule has 0 atom stereocenters. The van der Waals surface area contributed by atoms with Crippen molar-refractivity contribution in [3.05, 3.63) is 23.5 Å². The minimum atomic E-state index is -1.32. The highest BCUT2D eigenvalue weighted by Gasteiger charge is 2.16. The van der Waals surface area contributed by atoms with Crippen LogP contribution < -0.4 is 4.74 Å². The lowest BCUT2D eigenvalue weighted by Crippen LogP contribution is -2.10. The zero-order valence-corrected chi connectivity index (χ0v) is 7.93. The van der Waals surface area contributed by atoms with Gasteiger partial charge >= 0.3 is 11.9 Å². The first-order valence-corrected chi connectivity index (χ1v) is 4.16. The fourth-order valence-corrected chi connectivity index (χ4v) is 0.991. The van der Waals surface area contributed by atoms with Crippen molar-refractivity contribution in [2.45, 2.75) is 6.92 Å². The zero-order chi connectivity index (χ0) is 11.4. The summed E-state index contributed by atoms with van der Waals surface area (Å²) in [5.41, 5.74) is -0.715. The van der Waals surface area contributed by atoms with E-state index in [1.807, 2.05) is 0 Å². The van der Waals surface area contributed by atoms with E-state index in [0.717, 1.165) is 0 Å². The molecule has 80 valence electrons. The van der Waals surface area contributed by atoms with Gasteiger partial charge in [0, 0.05) is 0 Å². The third-order valence-electron chi connectivity index (χ3n) is 1.58. The van der Waals surface area contributed by atoms with Crippen LogP contribution in [0, 0.1) is 0 Å². The molecule has 0 aliphatic heterocycles. The molecular weight excluding hydrogens is 202 g/mol. The third-order valence-corrected chi connectivity index (χ3v) is 1.58. The van der Waals surface area contributed by atoms with Crippen LogP contribution in [-0.4, -0.2) is 33.7 Å². The number of nitrogens with zero attached hydrogens (tertiary/aromatic N) is 1. The van der Waals surface area contributed by atoms with Gasteiger partial charge in [-0.1, -0.05) is 0 Å². The lowest BCUT2D eigenvalue weighted by atomic mass is 10.2. The summed E-state index contributed by atoms with van der Waals surface area (Å²) in [5, 5.41) is 17.4. The van der Waals surface area contributed by atoms with Crippen LogP contribution >= 0.6 is 0 Å². The summed E-state index contributed by atoms with van der Waals surface area (Å²) in [4.78, 5) is 24.8. The van der Waals surface area contributed by atoms with Crippen LogP contribution in [0.25, 0.3) is 0 Å². The van der Waals surface area contributed by atoms with Gasteiger partial charge in [-0.2, -0.15) is 0 Å². The molecular formula is C9H9NO5. The van der Waals surface area contributed by atoms with E-state index in [0.29, 0.717) is 0 Å². The van der Waals surface area contributed by atoms with Crippen molar-refractivity contribution in [3.8, 4) is 5.75 Å². The molecule has 1 aromatic heterocycles. The molecule has 6 nitrogen and oxygen atoms in total. The number of pyridine rings is 1. The van der Waals surface area contributed by atoms with E-state index in [1.54, 1.807) is 6.92 Å². The minimum absolute atomic E-state index is 0.0648. The predicted molar refractivity (Wildman–Crippen MR) is 49.3 cm³/mol. The summed E-state index contributed by atoms with van der Waals surface area (Å²) in [6.45, 7) is 1.98. The van der Waals surface area contributed by atoms with Crippen LogP contribution in [0.5, 0.6) is 5.75 Å². The summed E-state index contributed by atoms with van der Waals surface area (Å²) in [6.07, 6.45) is 0. The van der Waals surface area contributed by atoms with Crippen molar-refractivity contribution in [2.24, 2.45) is 0 Å². The lowest BCUT2D eigenvalue weighted by molar-refractivity contribution is 0.0681. The van der Waals surface area contributed by atoms with Gasteiger partial charge < -0.3 is 14.9 Å². The molecule has 0 bridgehead atoms. The molecule has 0 spiro atoms. The maximum atomic E-state index is 10.7. The summed E-state index contributed by atoms with van der Waals surface area (Å²) < 4.78 is 5.00. The monoisotopic (exact) mass is 211 g/mol. The molecule has 0 aromatic carbocycles. The Bertz CT molecular complexity index is 401. The van der Waals surface area contributed by atoms with Gasteiger partial charge in [0.1, 0.15) is 5.69 Å². The first kappa shape index (κ1) is 11.0. The molecule has 0 fully saturated rings. The van der Waals surface area contributed by atoms with Gasteiger partial charge in [-0.25, -0.2) is 14.6 Å². The number of carboxylic acids is 2. The Labute approximate surface area is 85.1 Å². The molecule has 0 saturated heterocycles. The molecule has 0 radical (unpaired) electrons. The molecule has 0 saturated carbocycles. The molecule has 1 heterocycles. The van der Waals surface area contributed by atoms with Crippen LogP contribution in [-0.2, 0) is 0 Å². The van der Waals surface area contributed by atoms with Gasteiger partial charge in [-0.05, 0) is 19.1 Å². The van der Waals surface area contributed by atoms with Crippen LogP contribution in [0.2, 0.25) is 0 Å². The van der Waals surface area contributed by atoms with Crippen molar-refractivity contribution >= 4 is 11.9 Å². The summed E-state index contributed by atoms with van der Waals surface area (Å²) in [5.74, 6) is -2.53. The van der Waals surface area contributed by atoms with Crippen molar-refractivity contribution in [1.29, 1.82) is 0 Å². The van der Waals surface area contributed by atoms with Crippen molar-refractivity contribution < 1.29 is 24.5 Å². The second-order valence-corrected chi connectivity index (χ2v) is 2.59. The molecule has 1 rings (SSSR count). The van der Waals surface area contributed by atoms with Crippen LogP contribution in [0.1, 0.15) is 27.9 Å². The van der Waals surface area contributed by atoms with E-state index < -0.39 is 17.6 Å². The smallest absolute Gasteiger partial charge is 0.358 e. The first-order chi connectivity index (χ1) is 7.06. The summed E-state index contributed by atoms with van der Waals surface area (Å²) in [7, 11) is 0. The topological polar surface area (TPSA) is 96.7 Å². The highest BCUT2D eigenvalue weighted by molar-refractivity contribution is 5.92. The highest BCUT2D eigenvalue weighted by Crippen LogP contribution is 2.17. The number of hydrogen-bond acceptors (Lipinski definition) is 4. The van der Waals surface area contributed by atoms with E-state index in [2.05, 4.69) is 4.98 Å². The van der Waals surface area contributed by atoms with E-state index >= 15 is 0 Å². The largest absolute Gasteiger partial charge is 0.491 e. The van der Waals surface area contributed by atoms with Gasteiger partial charge in [-0.15, -0.1) is 0 Å². The minimum Gasteiger partial charge on any atom is -0.491 e. The number of aromatic carboxylic acids is 2. The standard InChI is InChI=1S/C9H9NO5/c1-2-15-6-4-3-5(8(11)12)10-7(6)9(13)14/h3-4H,2H2,1H3,(H,11,12)(H,13,14). The molecule has 0 aliphatic rings. The van der Waals surface area contributed by atoms with Gasteiger partial charge in [0.15, 0.2) is 11.4 Å². The quantitative estimate of drug-likeness (QED) is 0.767. The fourth-order valence-electron chi connectivity index (χ4n) is 0.991. The Morgan fingerprint density at radius 2 is 2.00 bits per heavy atom. The van der Waals surface area contributed by atoms with Gasteiger partial charge in [0.05, 0.1) is 6.61 Å². The Hall–Kier alpha value is -2.11. The van der Waals surface area contributed by atoms with Crippen molar-refractivity contribution in [3.63, 3.8) is 0 Å². The second-order valence-electron chi connectivity index (χ2n) is 2.59. The normalized spacial score (nSPS) is 9.67. The Balaban J connectivity index is 3.20. The molecule has 0 aliphatic carbocycles. The number of aromatic nitrogens is 1. The first-order valence-electron chi connectivity index (χ1n) is 4.16. The number of hydrogen-bond donors (Lipinski definition) is 2. The van der Waals surface area contributed by atoms with Crippen molar-refractivity contribution in [2.75, 3.05) is 6.61 Å². The Morgan fingerprint density at radius 1 is 1.33 bits per heavy atom. The fraction of sp³-hybridized carbons (Fsp3) is 0.222. The maximum absolute atomic E-state index is 10.7. The molecule has 6 heteroatoms. The van der Waals surface area contributed by atoms with E-state index in [9.17, 15) is 9.59 Å². The van der Waals surface area contributed by atoms with Gasteiger partial charge in [0.2, 0.25) is 0 Å². The number of ether oxygens (including phenoxy) is 1. The number of rotatable bonds is 4. The van der Waals surface area contributed by atoms with E-state index in [1.165, 1.54) is 12.1 Å². The Morgan fingerprint density at radius 3 is 2.47 bits per heavy atom. The summed E-state index contributed by atoms with van der Waals surface area (Å²) >= 11 is 0. The average Bonchev–Trinajstić information content (AvgIpc) is 2.18. The zero-order valence-electron chi connectivity index (χ0n) is 7.93. The average molecular weight is 211 g/mol. The molecule has 2 N–H and O–H groups in total. The van der Waals surface area contributed by atoms with Gasteiger partial charge in [0.25, 0.3) is 0 Å². The van der Waals surface area contributed by atoms with Crippen molar-refractivity contribution in [1.82, 2.24) is 4.98 Å². The Kier molecular flexibility index (Phi) is 3.22. The lowest BCUT2D eigenvalue weighted by Gasteiger charge is -2.06. The number of carboxylic acid groups (broad SMARTS) is 2. The maximum Gasteiger partial charge on any atom is 0.358 e. The molecule has 0 amide bonds. The third kappa shape index (κ3) is 2.43. The van der Waals surface area contributed by atoms with E-state index in [4.69, 9.17) is 14.9 Å². The predicted octanol–water partition coefficient (Wildman–Crippen LogP) is 0.877. The highest BCUT2D eigenvalue weighted by atomic mass is 16.5. The van der Waals surface area contributed by atoms with Crippen LogP contribution in [0.15, 0.2) is 12.1 Å². The van der Waals surface area contributed by atoms with Crippen LogP contribution in [0.3, 0.4) is 0 Å². The number of carbonyl (C=O) groups is 2. The molecule has 1 aromatic rings. The molecule has 15 heavy (non-hydrogen) atoms. The van der Waals surface area contributed by atoms with E-state index in [-0.39, 0.29) is 18.1 Å². The molecule has 0 unspecified atom stereocenters.